The van der Waals surface area contributed by atoms with Crippen LogP contribution in [0.5, 0.6) is 5.75 Å². The maximum absolute atomic E-state index is 6.15. The quantitative estimate of drug-likeness (QED) is 0.924. The van der Waals surface area contributed by atoms with E-state index in [1.807, 2.05) is 24.4 Å². The van der Waals surface area contributed by atoms with Crippen molar-refractivity contribution in [1.82, 2.24) is 10.3 Å². The van der Waals surface area contributed by atoms with E-state index in [1.165, 1.54) is 0 Å². The summed E-state index contributed by atoms with van der Waals surface area (Å²) in [5.74, 6) is 0.872. The van der Waals surface area contributed by atoms with Crippen LogP contribution in [0.2, 0.25) is 0 Å². The number of pyridine rings is 1. The van der Waals surface area contributed by atoms with Gasteiger partial charge in [-0.2, -0.15) is 0 Å². The first-order valence-corrected chi connectivity index (χ1v) is 7.36. The summed E-state index contributed by atoms with van der Waals surface area (Å²) in [6, 6.07) is 10.8. The van der Waals surface area contributed by atoms with Gasteiger partial charge in [0.25, 0.3) is 0 Å². The average Bonchev–Trinajstić information content (AvgIpc) is 2.46. The van der Waals surface area contributed by atoms with Gasteiger partial charge in [0, 0.05) is 23.3 Å². The lowest BCUT2D eigenvalue weighted by Gasteiger charge is -2.51. The normalized spacial score (nSPS) is 24.4. The van der Waals surface area contributed by atoms with E-state index in [2.05, 4.69) is 43.2 Å². The molecule has 0 bridgehead atoms. The van der Waals surface area contributed by atoms with E-state index in [1.54, 1.807) is 0 Å². The molecule has 1 aromatic heterocycles. The van der Waals surface area contributed by atoms with Crippen LogP contribution in [-0.2, 0) is 0 Å². The molecule has 2 unspecified atom stereocenters. The maximum Gasteiger partial charge on any atom is 0.138 e. The Kier molecular flexibility index (Phi) is 3.38. The Balaban J connectivity index is 1.74. The van der Waals surface area contributed by atoms with Crippen LogP contribution in [0.1, 0.15) is 27.2 Å². The van der Waals surface area contributed by atoms with Crippen molar-refractivity contribution in [3.8, 4) is 5.75 Å². The van der Waals surface area contributed by atoms with Gasteiger partial charge in [0.1, 0.15) is 11.9 Å². The Labute approximate surface area is 120 Å². The minimum atomic E-state index is 0.168. The van der Waals surface area contributed by atoms with Crippen LogP contribution < -0.4 is 10.1 Å². The zero-order valence-corrected chi connectivity index (χ0v) is 12.4. The lowest BCUT2D eigenvalue weighted by molar-refractivity contribution is -0.0542. The van der Waals surface area contributed by atoms with Crippen molar-refractivity contribution in [1.29, 1.82) is 0 Å². The van der Waals surface area contributed by atoms with E-state index in [4.69, 9.17) is 4.74 Å². The molecule has 1 saturated carbocycles. The molecule has 20 heavy (non-hydrogen) atoms. The molecule has 1 aliphatic rings. The monoisotopic (exact) mass is 270 g/mol. The highest BCUT2D eigenvalue weighted by molar-refractivity contribution is 5.79. The molecule has 0 radical (unpaired) electrons. The van der Waals surface area contributed by atoms with Crippen molar-refractivity contribution in [2.75, 3.05) is 6.54 Å². The number of aromatic nitrogens is 1. The molecule has 1 aromatic carbocycles. The number of para-hydroxylation sites is 1. The number of rotatable bonds is 4. The van der Waals surface area contributed by atoms with Crippen molar-refractivity contribution in [3.05, 3.63) is 36.5 Å². The Bertz CT molecular complexity index is 609. The second-order valence-corrected chi connectivity index (χ2v) is 6.14. The van der Waals surface area contributed by atoms with Gasteiger partial charge in [0.2, 0.25) is 0 Å². The highest BCUT2D eigenvalue weighted by Gasteiger charge is 2.49. The van der Waals surface area contributed by atoms with Gasteiger partial charge in [-0.05, 0) is 18.7 Å². The molecule has 1 heterocycles. The predicted molar refractivity (Wildman–Crippen MR) is 82.0 cm³/mol. The fourth-order valence-electron chi connectivity index (χ4n) is 2.96. The molecule has 3 rings (SSSR count). The fourth-order valence-corrected chi connectivity index (χ4v) is 2.96. The molecule has 0 spiro atoms. The molecule has 3 heteroatoms. The predicted octanol–water partition coefficient (Wildman–Crippen LogP) is 3.39. The molecular formula is C17H22N2O. The van der Waals surface area contributed by atoms with Gasteiger partial charge in [0.05, 0.1) is 11.7 Å². The molecule has 1 aliphatic carbocycles. The van der Waals surface area contributed by atoms with Gasteiger partial charge >= 0.3 is 0 Å². The van der Waals surface area contributed by atoms with E-state index in [0.29, 0.717) is 6.04 Å². The zero-order chi connectivity index (χ0) is 14.2. The Hall–Kier alpha value is -1.61. The third-order valence-electron chi connectivity index (χ3n) is 4.47. The molecular weight excluding hydrogens is 248 g/mol. The third kappa shape index (κ3) is 2.27. The van der Waals surface area contributed by atoms with Crippen molar-refractivity contribution >= 4 is 10.9 Å². The van der Waals surface area contributed by atoms with Crippen molar-refractivity contribution < 1.29 is 4.74 Å². The Morgan fingerprint density at radius 2 is 2.15 bits per heavy atom. The second kappa shape index (κ2) is 5.06. The number of hydrogen-bond acceptors (Lipinski definition) is 3. The van der Waals surface area contributed by atoms with Gasteiger partial charge in [-0.15, -0.1) is 0 Å². The highest BCUT2D eigenvalue weighted by atomic mass is 16.5. The summed E-state index contributed by atoms with van der Waals surface area (Å²) in [6.45, 7) is 7.70. The van der Waals surface area contributed by atoms with E-state index in [0.717, 1.165) is 29.6 Å². The van der Waals surface area contributed by atoms with E-state index in [9.17, 15) is 0 Å². The third-order valence-corrected chi connectivity index (χ3v) is 4.47. The molecule has 106 valence electrons. The van der Waals surface area contributed by atoms with Crippen molar-refractivity contribution in [2.24, 2.45) is 5.41 Å². The van der Waals surface area contributed by atoms with Crippen LogP contribution in [0.3, 0.4) is 0 Å². The van der Waals surface area contributed by atoms with Crippen molar-refractivity contribution in [3.63, 3.8) is 0 Å². The standard InChI is InChI=1S/C17H22N2O/c1-4-18-15-10-16(17(15,2)3)20-13-9-12-7-5-6-8-14(12)19-11-13/h5-9,11,15-16,18H,4,10H2,1-3H3. The van der Waals surface area contributed by atoms with E-state index in [-0.39, 0.29) is 11.5 Å². The number of benzene rings is 1. The minimum absolute atomic E-state index is 0.168. The van der Waals surface area contributed by atoms with Gasteiger partial charge in [-0.1, -0.05) is 39.0 Å². The highest BCUT2D eigenvalue weighted by Crippen LogP contribution is 2.43. The summed E-state index contributed by atoms with van der Waals surface area (Å²) in [7, 11) is 0. The Morgan fingerprint density at radius 1 is 1.35 bits per heavy atom. The summed E-state index contributed by atoms with van der Waals surface area (Å²) in [6.07, 6.45) is 3.15. The number of fused-ring (bicyclic) bond motifs is 1. The molecule has 2 atom stereocenters. The van der Waals surface area contributed by atoms with Crippen LogP contribution in [0, 0.1) is 5.41 Å². The molecule has 1 fully saturated rings. The lowest BCUT2D eigenvalue weighted by atomic mass is 9.64. The molecule has 1 N–H and O–H groups in total. The first-order chi connectivity index (χ1) is 9.61. The van der Waals surface area contributed by atoms with E-state index >= 15 is 0 Å². The topological polar surface area (TPSA) is 34.1 Å². The van der Waals surface area contributed by atoms with E-state index < -0.39 is 0 Å². The number of nitrogens with zero attached hydrogens (tertiary/aromatic N) is 1. The molecule has 3 nitrogen and oxygen atoms in total. The molecule has 0 aliphatic heterocycles. The summed E-state index contributed by atoms with van der Waals surface area (Å²) >= 11 is 0. The summed E-state index contributed by atoms with van der Waals surface area (Å²) in [5.41, 5.74) is 1.18. The first-order valence-electron chi connectivity index (χ1n) is 7.36. The van der Waals surface area contributed by atoms with Crippen LogP contribution in [-0.4, -0.2) is 23.7 Å². The summed E-state index contributed by atoms with van der Waals surface area (Å²) in [4.78, 5) is 4.46. The first kappa shape index (κ1) is 13.4. The molecule has 0 amide bonds. The molecule has 0 saturated heterocycles. The lowest BCUT2D eigenvalue weighted by Crippen LogP contribution is -2.62. The average molecular weight is 270 g/mol. The van der Waals surface area contributed by atoms with Gasteiger partial charge in [-0.25, -0.2) is 0 Å². The second-order valence-electron chi connectivity index (χ2n) is 6.14. The molecule has 2 aromatic rings. The Morgan fingerprint density at radius 3 is 2.90 bits per heavy atom. The van der Waals surface area contributed by atoms with Gasteiger partial charge < -0.3 is 10.1 Å². The van der Waals surface area contributed by atoms with Crippen molar-refractivity contribution in [2.45, 2.75) is 39.3 Å². The van der Waals surface area contributed by atoms with Crippen LogP contribution in [0.15, 0.2) is 36.5 Å². The minimum Gasteiger partial charge on any atom is -0.488 e. The van der Waals surface area contributed by atoms with Crippen LogP contribution >= 0.6 is 0 Å². The largest absolute Gasteiger partial charge is 0.488 e. The number of nitrogens with one attached hydrogen (secondary N) is 1. The smallest absolute Gasteiger partial charge is 0.138 e. The zero-order valence-electron chi connectivity index (χ0n) is 12.4. The van der Waals surface area contributed by atoms with Gasteiger partial charge in [0.15, 0.2) is 0 Å². The number of hydrogen-bond donors (Lipinski definition) is 1. The maximum atomic E-state index is 6.15. The van der Waals surface area contributed by atoms with Gasteiger partial charge in [-0.3, -0.25) is 4.98 Å². The van der Waals surface area contributed by atoms with Crippen LogP contribution in [0.25, 0.3) is 10.9 Å². The fraction of sp³-hybridized carbons (Fsp3) is 0.471. The van der Waals surface area contributed by atoms with Crippen LogP contribution in [0.4, 0.5) is 0 Å². The summed E-state index contributed by atoms with van der Waals surface area (Å²) in [5, 5.41) is 4.65. The number of ether oxygens (including phenoxy) is 1. The SMILES string of the molecule is CCNC1CC(Oc2cnc3ccccc3c2)C1(C)C. The summed E-state index contributed by atoms with van der Waals surface area (Å²) < 4.78 is 6.15.